The van der Waals surface area contributed by atoms with Gasteiger partial charge in [-0.2, -0.15) is 0 Å². The van der Waals surface area contributed by atoms with Gasteiger partial charge in [0.05, 0.1) is 4.47 Å². The standard InChI is InChI=1S/C18H26BrFN4O.HI/c1-12(2)17(25)24-8-6-14(7-9-24)23-18(21-3)22-11-13-4-5-15(19)16(20)10-13;/h4-5,10,12,14H,6-9,11H2,1-3H3,(H2,21,22,23);1H. The number of hydrogen-bond donors (Lipinski definition) is 2. The molecule has 0 radical (unpaired) electrons. The van der Waals surface area contributed by atoms with Crippen molar-refractivity contribution in [2.24, 2.45) is 10.9 Å². The van der Waals surface area contributed by atoms with Crippen LogP contribution in [0, 0.1) is 11.7 Å². The van der Waals surface area contributed by atoms with Gasteiger partial charge in [-0.15, -0.1) is 24.0 Å². The number of nitrogens with zero attached hydrogens (tertiary/aromatic N) is 2. The van der Waals surface area contributed by atoms with Gasteiger partial charge >= 0.3 is 0 Å². The molecule has 2 rings (SSSR count). The van der Waals surface area contributed by atoms with E-state index in [1.165, 1.54) is 6.07 Å². The highest BCUT2D eigenvalue weighted by atomic mass is 127. The highest BCUT2D eigenvalue weighted by Gasteiger charge is 2.24. The zero-order chi connectivity index (χ0) is 18.4. The molecular formula is C18H27BrFIN4O. The van der Waals surface area contributed by atoms with E-state index in [-0.39, 0.29) is 47.7 Å². The van der Waals surface area contributed by atoms with Crippen molar-refractivity contribution in [3.63, 3.8) is 0 Å². The van der Waals surface area contributed by atoms with E-state index in [1.807, 2.05) is 24.8 Å². The van der Waals surface area contributed by atoms with Crippen LogP contribution >= 0.6 is 39.9 Å². The molecule has 26 heavy (non-hydrogen) atoms. The van der Waals surface area contributed by atoms with Crippen molar-refractivity contribution in [1.82, 2.24) is 15.5 Å². The summed E-state index contributed by atoms with van der Waals surface area (Å²) in [5, 5.41) is 6.60. The summed E-state index contributed by atoms with van der Waals surface area (Å²) < 4.78 is 14.0. The number of amides is 1. The molecule has 1 fully saturated rings. The minimum atomic E-state index is -0.274. The van der Waals surface area contributed by atoms with E-state index >= 15 is 0 Å². The van der Waals surface area contributed by atoms with Gasteiger partial charge in [0.15, 0.2) is 5.96 Å². The van der Waals surface area contributed by atoms with E-state index in [0.29, 0.717) is 17.0 Å². The van der Waals surface area contributed by atoms with E-state index < -0.39 is 0 Å². The smallest absolute Gasteiger partial charge is 0.225 e. The van der Waals surface area contributed by atoms with Crippen molar-refractivity contribution in [3.8, 4) is 0 Å². The molecule has 0 spiro atoms. The van der Waals surface area contributed by atoms with Crippen LogP contribution < -0.4 is 10.6 Å². The van der Waals surface area contributed by atoms with Crippen molar-refractivity contribution in [2.75, 3.05) is 20.1 Å². The minimum absolute atomic E-state index is 0. The molecule has 0 saturated carbocycles. The normalized spacial score (nSPS) is 15.6. The largest absolute Gasteiger partial charge is 0.354 e. The maximum absolute atomic E-state index is 13.6. The fraction of sp³-hybridized carbons (Fsp3) is 0.556. The number of rotatable bonds is 4. The summed E-state index contributed by atoms with van der Waals surface area (Å²) in [6, 6.07) is 5.34. The number of piperidine rings is 1. The lowest BCUT2D eigenvalue weighted by Gasteiger charge is -2.34. The zero-order valence-corrected chi connectivity index (χ0v) is 19.3. The molecule has 1 saturated heterocycles. The maximum atomic E-state index is 13.6. The molecular weight excluding hydrogens is 514 g/mol. The molecule has 1 aliphatic heterocycles. The van der Waals surface area contributed by atoms with Crippen molar-refractivity contribution >= 4 is 51.8 Å². The van der Waals surface area contributed by atoms with Crippen molar-refractivity contribution < 1.29 is 9.18 Å². The zero-order valence-electron chi connectivity index (χ0n) is 15.4. The topological polar surface area (TPSA) is 56.7 Å². The molecule has 1 aliphatic rings. The van der Waals surface area contributed by atoms with Crippen molar-refractivity contribution in [2.45, 2.75) is 39.3 Å². The molecule has 1 amide bonds. The van der Waals surface area contributed by atoms with Crippen LogP contribution in [-0.4, -0.2) is 42.9 Å². The Morgan fingerprint density at radius 2 is 2.04 bits per heavy atom. The fourth-order valence-corrected chi connectivity index (χ4v) is 3.08. The van der Waals surface area contributed by atoms with Gasteiger partial charge in [-0.1, -0.05) is 19.9 Å². The Labute approximate surface area is 180 Å². The van der Waals surface area contributed by atoms with Crippen LogP contribution in [0.2, 0.25) is 0 Å². The highest BCUT2D eigenvalue weighted by molar-refractivity contribution is 14.0. The number of carbonyl (C=O) groups excluding carboxylic acids is 1. The lowest BCUT2D eigenvalue weighted by Crippen LogP contribution is -2.50. The third-order valence-electron chi connectivity index (χ3n) is 4.31. The van der Waals surface area contributed by atoms with Crippen LogP contribution in [0.15, 0.2) is 27.7 Å². The van der Waals surface area contributed by atoms with E-state index in [0.717, 1.165) is 31.5 Å². The molecule has 1 aromatic rings. The van der Waals surface area contributed by atoms with Crippen LogP contribution in [-0.2, 0) is 11.3 Å². The van der Waals surface area contributed by atoms with Gasteiger partial charge in [-0.3, -0.25) is 9.79 Å². The van der Waals surface area contributed by atoms with Gasteiger partial charge in [0.1, 0.15) is 5.82 Å². The summed E-state index contributed by atoms with van der Waals surface area (Å²) in [6.45, 7) is 5.90. The third-order valence-corrected chi connectivity index (χ3v) is 4.95. The summed E-state index contributed by atoms with van der Waals surface area (Å²) in [5.41, 5.74) is 0.848. The lowest BCUT2D eigenvalue weighted by atomic mass is 10.0. The quantitative estimate of drug-likeness (QED) is 0.349. The van der Waals surface area contributed by atoms with Crippen LogP contribution in [0.5, 0.6) is 0 Å². The summed E-state index contributed by atoms with van der Waals surface area (Å²) in [4.78, 5) is 18.2. The SMILES string of the molecule is CN=C(NCc1ccc(Br)c(F)c1)NC1CCN(C(=O)C(C)C)CC1.I. The first kappa shape index (κ1) is 23.1. The van der Waals surface area contributed by atoms with Crippen LogP contribution in [0.25, 0.3) is 0 Å². The highest BCUT2D eigenvalue weighted by Crippen LogP contribution is 2.16. The average Bonchev–Trinajstić information content (AvgIpc) is 2.61. The van der Waals surface area contributed by atoms with Crippen LogP contribution in [0.1, 0.15) is 32.3 Å². The predicted molar refractivity (Wildman–Crippen MR) is 117 cm³/mol. The van der Waals surface area contributed by atoms with Crippen molar-refractivity contribution in [3.05, 3.63) is 34.1 Å². The van der Waals surface area contributed by atoms with Gasteiger partial charge in [0.2, 0.25) is 5.91 Å². The molecule has 146 valence electrons. The number of carbonyl (C=O) groups is 1. The molecule has 0 atom stereocenters. The molecule has 8 heteroatoms. The Kier molecular flexibility index (Phi) is 9.84. The lowest BCUT2D eigenvalue weighted by molar-refractivity contribution is -0.135. The van der Waals surface area contributed by atoms with Gasteiger partial charge < -0.3 is 15.5 Å². The summed E-state index contributed by atoms with van der Waals surface area (Å²) in [6.07, 6.45) is 1.79. The number of likely N-dealkylation sites (tertiary alicyclic amines) is 1. The molecule has 5 nitrogen and oxygen atoms in total. The monoisotopic (exact) mass is 540 g/mol. The van der Waals surface area contributed by atoms with E-state index in [9.17, 15) is 9.18 Å². The maximum Gasteiger partial charge on any atom is 0.225 e. The molecule has 0 unspecified atom stereocenters. The Morgan fingerprint density at radius 1 is 1.38 bits per heavy atom. The van der Waals surface area contributed by atoms with Crippen LogP contribution in [0.4, 0.5) is 4.39 Å². The molecule has 1 aromatic carbocycles. The number of benzene rings is 1. The number of aliphatic imine (C=N–C) groups is 1. The van der Waals surface area contributed by atoms with Gasteiger partial charge in [-0.25, -0.2) is 4.39 Å². The Morgan fingerprint density at radius 3 is 2.58 bits per heavy atom. The number of nitrogens with one attached hydrogen (secondary N) is 2. The second-order valence-electron chi connectivity index (χ2n) is 6.57. The molecule has 0 aromatic heterocycles. The van der Waals surface area contributed by atoms with E-state index in [1.54, 1.807) is 13.1 Å². The van der Waals surface area contributed by atoms with Crippen LogP contribution in [0.3, 0.4) is 0 Å². The first-order valence-electron chi connectivity index (χ1n) is 8.60. The first-order valence-corrected chi connectivity index (χ1v) is 9.40. The Balaban J connectivity index is 0.00000338. The second kappa shape index (κ2) is 11.1. The van der Waals surface area contributed by atoms with Gasteiger partial charge in [0, 0.05) is 38.6 Å². The Bertz CT molecular complexity index is 634. The average molecular weight is 541 g/mol. The summed E-state index contributed by atoms with van der Waals surface area (Å²) in [7, 11) is 1.72. The molecule has 1 heterocycles. The Hall–Kier alpha value is -0.900. The minimum Gasteiger partial charge on any atom is -0.354 e. The van der Waals surface area contributed by atoms with Crippen molar-refractivity contribution in [1.29, 1.82) is 0 Å². The number of guanidine groups is 1. The van der Waals surface area contributed by atoms with Gasteiger partial charge in [-0.05, 0) is 46.5 Å². The molecule has 2 N–H and O–H groups in total. The summed E-state index contributed by atoms with van der Waals surface area (Å²) >= 11 is 3.15. The predicted octanol–water partition coefficient (Wildman–Crippen LogP) is 3.52. The number of halogens is 3. The van der Waals surface area contributed by atoms with Gasteiger partial charge in [0.25, 0.3) is 0 Å². The first-order chi connectivity index (χ1) is 11.9. The number of hydrogen-bond acceptors (Lipinski definition) is 2. The molecule has 0 aliphatic carbocycles. The fourth-order valence-electron chi connectivity index (χ4n) is 2.83. The third kappa shape index (κ3) is 6.68. The summed E-state index contributed by atoms with van der Waals surface area (Å²) in [5.74, 6) is 0.685. The van der Waals surface area contributed by atoms with E-state index in [2.05, 4.69) is 31.6 Å². The van der Waals surface area contributed by atoms with E-state index in [4.69, 9.17) is 0 Å². The molecule has 0 bridgehead atoms. The second-order valence-corrected chi connectivity index (χ2v) is 7.43.